The summed E-state index contributed by atoms with van der Waals surface area (Å²) in [4.78, 5) is 48.3. The van der Waals surface area contributed by atoms with Gasteiger partial charge in [0.1, 0.15) is 11.5 Å². The zero-order chi connectivity index (χ0) is 31.2. The van der Waals surface area contributed by atoms with E-state index < -0.39 is 12.0 Å². The topological polar surface area (TPSA) is 107 Å². The molecule has 1 saturated heterocycles. The number of hydrogen-bond donors (Lipinski definition) is 0. The van der Waals surface area contributed by atoms with Gasteiger partial charge in [-0.1, -0.05) is 42.1 Å². The number of hydrogen-bond acceptors (Lipinski definition) is 10. The van der Waals surface area contributed by atoms with Gasteiger partial charge in [0.2, 0.25) is 5.91 Å². The number of ether oxygens (including phenoxy) is 4. The van der Waals surface area contributed by atoms with Gasteiger partial charge < -0.3 is 28.7 Å². The molecular weight excluding hydrogens is 582 g/mol. The summed E-state index contributed by atoms with van der Waals surface area (Å²) in [6, 6.07) is 14.3. The lowest BCUT2D eigenvalue weighted by Crippen LogP contribution is -2.42. The van der Waals surface area contributed by atoms with Crippen LogP contribution in [-0.2, 0) is 23.9 Å². The predicted octanol–water partition coefficient (Wildman–Crippen LogP) is 5.17. The fraction of sp³-hybridized carbons (Fsp3) is 0.394. The van der Waals surface area contributed by atoms with Gasteiger partial charge in [-0.25, -0.2) is 9.79 Å². The van der Waals surface area contributed by atoms with Crippen molar-refractivity contribution in [1.29, 1.82) is 0 Å². The van der Waals surface area contributed by atoms with Crippen LogP contribution in [0.2, 0.25) is 0 Å². The van der Waals surface area contributed by atoms with Crippen LogP contribution in [0.4, 0.5) is 0 Å². The second-order valence-electron chi connectivity index (χ2n) is 10.5. The molecule has 0 saturated carbocycles. The summed E-state index contributed by atoms with van der Waals surface area (Å²) in [5, 5.41) is 2.57. The Morgan fingerprint density at radius 2 is 1.59 bits per heavy atom. The number of amides is 1. The Labute approximate surface area is 261 Å². The second-order valence-corrected chi connectivity index (χ2v) is 11.3. The fourth-order valence-electron chi connectivity index (χ4n) is 5.68. The molecule has 0 spiro atoms. The third-order valence-electron chi connectivity index (χ3n) is 7.84. The van der Waals surface area contributed by atoms with Crippen molar-refractivity contribution in [3.05, 3.63) is 76.3 Å². The first-order valence-corrected chi connectivity index (χ1v) is 15.6. The van der Waals surface area contributed by atoms with Gasteiger partial charge in [0.15, 0.2) is 5.17 Å². The molecule has 0 aromatic heterocycles. The Balaban J connectivity index is 1.52. The Bertz CT molecular complexity index is 1470. The molecule has 44 heavy (non-hydrogen) atoms. The van der Waals surface area contributed by atoms with Gasteiger partial charge in [-0.3, -0.25) is 9.59 Å². The molecule has 3 aliphatic heterocycles. The van der Waals surface area contributed by atoms with E-state index in [0.29, 0.717) is 66.2 Å². The average Bonchev–Trinajstić information content (AvgIpc) is 3.46. The zero-order valence-electron chi connectivity index (χ0n) is 25.4. The van der Waals surface area contributed by atoms with E-state index >= 15 is 0 Å². The summed E-state index contributed by atoms with van der Waals surface area (Å²) in [5.74, 6) is 0.175. The largest absolute Gasteiger partial charge is 0.497 e. The highest BCUT2D eigenvalue weighted by atomic mass is 32.2. The number of rotatable bonds is 10. The number of fused-ring (bicyclic) bond motifs is 1. The Kier molecular flexibility index (Phi) is 9.94. The summed E-state index contributed by atoms with van der Waals surface area (Å²) in [5.41, 5.74) is 3.08. The number of likely N-dealkylation sites (tertiary alicyclic amines) is 1. The lowest BCUT2D eigenvalue weighted by atomic mass is 9.91. The SMILES string of the molecule is CCOC(=O)C1=C(c2ccccc2)N=C2SC=C(CC(=O)N3CCC(C(=O)OCC)CC3)N2[C@H]1c1cc(OC)cc(OC)c1. The van der Waals surface area contributed by atoms with Crippen LogP contribution >= 0.6 is 11.8 Å². The standard InChI is InChI=1S/C33H37N3O7S/c1-5-42-31(38)22-12-14-35(15-13-22)27(37)18-24-20-44-33-34-29(21-10-8-7-9-11-21)28(32(39)43-6-2)30(36(24)33)23-16-25(40-3)19-26(17-23)41-4/h7-11,16-17,19-20,22,30H,5-6,12-15,18H2,1-4H3/t30-/m0/s1. The number of piperidine rings is 1. The van der Waals surface area contributed by atoms with E-state index in [9.17, 15) is 14.4 Å². The van der Waals surface area contributed by atoms with E-state index in [-0.39, 0.29) is 30.8 Å². The van der Waals surface area contributed by atoms with Crippen LogP contribution in [0.3, 0.4) is 0 Å². The number of esters is 2. The summed E-state index contributed by atoms with van der Waals surface area (Å²) in [7, 11) is 3.15. The maximum atomic E-state index is 13.8. The number of benzene rings is 2. The van der Waals surface area contributed by atoms with Crippen LogP contribution in [0, 0.1) is 5.92 Å². The van der Waals surface area contributed by atoms with E-state index in [0.717, 1.165) is 11.1 Å². The number of thioether (sulfide) groups is 1. The van der Waals surface area contributed by atoms with Crippen molar-refractivity contribution < 1.29 is 33.3 Å². The van der Waals surface area contributed by atoms with E-state index in [1.54, 1.807) is 39.0 Å². The van der Waals surface area contributed by atoms with E-state index in [4.69, 9.17) is 23.9 Å². The van der Waals surface area contributed by atoms with Crippen molar-refractivity contribution >= 4 is 40.5 Å². The molecule has 0 bridgehead atoms. The second kappa shape index (κ2) is 14.0. The van der Waals surface area contributed by atoms with Gasteiger partial charge in [0, 0.05) is 30.4 Å². The minimum atomic E-state index is -0.677. The van der Waals surface area contributed by atoms with Crippen molar-refractivity contribution in [3.63, 3.8) is 0 Å². The first-order valence-electron chi connectivity index (χ1n) is 14.8. The van der Waals surface area contributed by atoms with Gasteiger partial charge in [-0.2, -0.15) is 0 Å². The van der Waals surface area contributed by atoms with E-state index in [1.807, 2.05) is 52.8 Å². The third-order valence-corrected chi connectivity index (χ3v) is 8.73. The molecule has 5 rings (SSSR count). The molecule has 11 heteroatoms. The predicted molar refractivity (Wildman–Crippen MR) is 168 cm³/mol. The first-order chi connectivity index (χ1) is 21.4. The maximum absolute atomic E-state index is 13.8. The summed E-state index contributed by atoms with van der Waals surface area (Å²) in [6.45, 7) is 5.05. The van der Waals surface area contributed by atoms with Crippen LogP contribution in [0.25, 0.3) is 5.70 Å². The molecule has 0 radical (unpaired) electrons. The van der Waals surface area contributed by atoms with Crippen molar-refractivity contribution in [3.8, 4) is 11.5 Å². The monoisotopic (exact) mass is 619 g/mol. The van der Waals surface area contributed by atoms with Crippen molar-refractivity contribution in [2.24, 2.45) is 10.9 Å². The summed E-state index contributed by atoms with van der Waals surface area (Å²) in [6.07, 6.45) is 1.23. The Morgan fingerprint density at radius 1 is 0.932 bits per heavy atom. The molecule has 10 nitrogen and oxygen atoms in total. The molecule has 1 atom stereocenters. The van der Waals surface area contributed by atoms with Gasteiger partial charge >= 0.3 is 11.9 Å². The Hall–Kier alpha value is -4.25. The number of methoxy groups -OCH3 is 2. The minimum absolute atomic E-state index is 0.0575. The van der Waals surface area contributed by atoms with Crippen LogP contribution in [-0.4, -0.2) is 73.3 Å². The average molecular weight is 620 g/mol. The molecule has 232 valence electrons. The molecule has 1 amide bonds. The quantitative estimate of drug-likeness (QED) is 0.333. The fourth-order valence-corrected chi connectivity index (χ4v) is 6.60. The van der Waals surface area contributed by atoms with Crippen molar-refractivity contribution in [2.75, 3.05) is 40.5 Å². The third kappa shape index (κ3) is 6.47. The molecule has 3 aliphatic rings. The van der Waals surface area contributed by atoms with Crippen LogP contribution < -0.4 is 9.47 Å². The number of aliphatic imine (C=N–C) groups is 1. The summed E-state index contributed by atoms with van der Waals surface area (Å²) >= 11 is 1.41. The minimum Gasteiger partial charge on any atom is -0.497 e. The van der Waals surface area contributed by atoms with E-state index in [1.165, 1.54) is 11.8 Å². The molecule has 3 heterocycles. The van der Waals surface area contributed by atoms with Crippen molar-refractivity contribution in [2.45, 2.75) is 39.2 Å². The maximum Gasteiger partial charge on any atom is 0.338 e. The molecule has 0 aliphatic carbocycles. The smallest absolute Gasteiger partial charge is 0.338 e. The Morgan fingerprint density at radius 3 is 2.20 bits per heavy atom. The highest BCUT2D eigenvalue weighted by Crippen LogP contribution is 2.48. The number of nitrogens with zero attached hydrogens (tertiary/aromatic N) is 3. The molecular formula is C33H37N3O7S. The molecule has 2 aromatic rings. The van der Waals surface area contributed by atoms with Crippen LogP contribution in [0.1, 0.15) is 50.3 Å². The molecule has 1 fully saturated rings. The highest BCUT2D eigenvalue weighted by Gasteiger charge is 2.43. The lowest BCUT2D eigenvalue weighted by Gasteiger charge is -2.37. The zero-order valence-corrected chi connectivity index (χ0v) is 26.2. The molecule has 0 N–H and O–H groups in total. The number of carbonyl (C=O) groups is 3. The number of carbonyl (C=O) groups excluding carboxylic acids is 3. The molecule has 2 aromatic carbocycles. The van der Waals surface area contributed by atoms with Gasteiger partial charge in [0.25, 0.3) is 0 Å². The van der Waals surface area contributed by atoms with Crippen LogP contribution in [0.5, 0.6) is 11.5 Å². The van der Waals surface area contributed by atoms with E-state index in [2.05, 4.69) is 0 Å². The van der Waals surface area contributed by atoms with Gasteiger partial charge in [0.05, 0.1) is 57.1 Å². The van der Waals surface area contributed by atoms with Crippen molar-refractivity contribution in [1.82, 2.24) is 9.80 Å². The normalized spacial score (nSPS) is 18.3. The lowest BCUT2D eigenvalue weighted by molar-refractivity contribution is -0.151. The summed E-state index contributed by atoms with van der Waals surface area (Å²) < 4.78 is 22.0. The highest BCUT2D eigenvalue weighted by molar-refractivity contribution is 8.16. The van der Waals surface area contributed by atoms with Gasteiger partial charge in [-0.15, -0.1) is 0 Å². The number of amidine groups is 1. The first kappa shape index (κ1) is 31.2. The van der Waals surface area contributed by atoms with Gasteiger partial charge in [-0.05, 0) is 49.8 Å². The molecule has 0 unspecified atom stereocenters. The van der Waals surface area contributed by atoms with Crippen LogP contribution in [0.15, 0.2) is 70.2 Å².